The summed E-state index contributed by atoms with van der Waals surface area (Å²) < 4.78 is 9.68. The molecular weight excluding hydrogens is 170 g/mol. The van der Waals surface area contributed by atoms with Gasteiger partial charge in [-0.1, -0.05) is 12.1 Å². The van der Waals surface area contributed by atoms with Gasteiger partial charge in [0.25, 0.3) is 11.3 Å². The fraction of sp³-hybridized carbons (Fsp3) is 0.111. The standard InChI is InChI=1S/C9H7NO3/c1-12-9-8(11)6-4-2-3-5-7(6)13-10-9/h2-5H,1H3. The van der Waals surface area contributed by atoms with Crippen LogP contribution in [0.15, 0.2) is 33.6 Å². The molecule has 1 aromatic carbocycles. The van der Waals surface area contributed by atoms with Crippen molar-refractivity contribution in [1.82, 2.24) is 5.16 Å². The highest BCUT2D eigenvalue weighted by molar-refractivity contribution is 5.76. The highest BCUT2D eigenvalue weighted by atomic mass is 16.5. The van der Waals surface area contributed by atoms with Crippen molar-refractivity contribution in [2.24, 2.45) is 0 Å². The summed E-state index contributed by atoms with van der Waals surface area (Å²) in [7, 11) is 1.38. The molecule has 0 radical (unpaired) electrons. The monoisotopic (exact) mass is 177 g/mol. The van der Waals surface area contributed by atoms with Crippen LogP contribution in [0.3, 0.4) is 0 Å². The Hall–Kier alpha value is -1.84. The van der Waals surface area contributed by atoms with Crippen LogP contribution in [-0.4, -0.2) is 12.3 Å². The van der Waals surface area contributed by atoms with Gasteiger partial charge in [-0.3, -0.25) is 4.79 Å². The van der Waals surface area contributed by atoms with Crippen LogP contribution in [0.25, 0.3) is 11.0 Å². The minimum Gasteiger partial charge on any atom is -0.476 e. The molecule has 0 bridgehead atoms. The maximum atomic E-state index is 11.5. The van der Waals surface area contributed by atoms with E-state index in [2.05, 4.69) is 5.16 Å². The first kappa shape index (κ1) is 7.79. The van der Waals surface area contributed by atoms with Gasteiger partial charge in [0.15, 0.2) is 5.58 Å². The molecule has 0 fully saturated rings. The van der Waals surface area contributed by atoms with Crippen molar-refractivity contribution in [2.45, 2.75) is 0 Å². The van der Waals surface area contributed by atoms with Gasteiger partial charge < -0.3 is 9.26 Å². The van der Waals surface area contributed by atoms with Gasteiger partial charge in [0.2, 0.25) is 0 Å². The van der Waals surface area contributed by atoms with Crippen molar-refractivity contribution in [2.75, 3.05) is 7.11 Å². The quantitative estimate of drug-likeness (QED) is 0.656. The fourth-order valence-electron chi connectivity index (χ4n) is 1.11. The average molecular weight is 177 g/mol. The largest absolute Gasteiger partial charge is 0.476 e. The molecule has 1 aromatic heterocycles. The lowest BCUT2D eigenvalue weighted by Gasteiger charge is -1.97. The van der Waals surface area contributed by atoms with Crippen LogP contribution in [-0.2, 0) is 0 Å². The first-order valence-electron chi connectivity index (χ1n) is 3.75. The molecule has 0 unspecified atom stereocenters. The Morgan fingerprint density at radius 2 is 2.15 bits per heavy atom. The maximum Gasteiger partial charge on any atom is 0.299 e. The molecule has 0 spiro atoms. The topological polar surface area (TPSA) is 52.3 Å². The number of para-hydroxylation sites is 1. The van der Waals surface area contributed by atoms with E-state index in [1.54, 1.807) is 24.3 Å². The number of ether oxygens (including phenoxy) is 1. The van der Waals surface area contributed by atoms with Gasteiger partial charge in [-0.25, -0.2) is 0 Å². The number of fused-ring (bicyclic) bond motifs is 1. The molecule has 0 saturated carbocycles. The second kappa shape index (κ2) is 2.90. The fourth-order valence-corrected chi connectivity index (χ4v) is 1.11. The first-order chi connectivity index (χ1) is 6.33. The predicted molar refractivity (Wildman–Crippen MR) is 46.8 cm³/mol. The third kappa shape index (κ3) is 1.16. The number of nitrogens with zero attached hydrogens (tertiary/aromatic N) is 1. The molecule has 2 aromatic rings. The summed E-state index contributed by atoms with van der Waals surface area (Å²) >= 11 is 0. The van der Waals surface area contributed by atoms with Gasteiger partial charge in [-0.2, -0.15) is 0 Å². The van der Waals surface area contributed by atoms with Crippen LogP contribution in [0.4, 0.5) is 0 Å². The molecule has 0 aliphatic carbocycles. The Balaban J connectivity index is 2.87. The highest BCUT2D eigenvalue weighted by Gasteiger charge is 2.06. The molecule has 13 heavy (non-hydrogen) atoms. The highest BCUT2D eigenvalue weighted by Crippen LogP contribution is 2.10. The van der Waals surface area contributed by atoms with Crippen molar-refractivity contribution in [3.8, 4) is 5.88 Å². The molecule has 2 rings (SSSR count). The third-order valence-electron chi connectivity index (χ3n) is 1.75. The molecule has 0 aliphatic heterocycles. The van der Waals surface area contributed by atoms with E-state index in [1.807, 2.05) is 0 Å². The minimum absolute atomic E-state index is 0.0151. The lowest BCUT2D eigenvalue weighted by molar-refractivity contribution is 0.327. The Morgan fingerprint density at radius 1 is 1.38 bits per heavy atom. The molecular formula is C9H7NO3. The first-order valence-corrected chi connectivity index (χ1v) is 3.75. The number of rotatable bonds is 1. The van der Waals surface area contributed by atoms with Gasteiger partial charge in [0, 0.05) is 0 Å². The number of hydrogen-bond acceptors (Lipinski definition) is 4. The van der Waals surface area contributed by atoms with Gasteiger partial charge in [0.1, 0.15) is 0 Å². The zero-order chi connectivity index (χ0) is 9.26. The van der Waals surface area contributed by atoms with Crippen molar-refractivity contribution < 1.29 is 9.26 Å². The van der Waals surface area contributed by atoms with E-state index in [-0.39, 0.29) is 11.3 Å². The lowest BCUT2D eigenvalue weighted by Crippen LogP contribution is -2.07. The normalized spacial score (nSPS) is 10.2. The molecule has 66 valence electrons. The molecule has 4 heteroatoms. The van der Waals surface area contributed by atoms with Crippen molar-refractivity contribution in [3.05, 3.63) is 34.5 Å². The summed E-state index contributed by atoms with van der Waals surface area (Å²) in [6.07, 6.45) is 0. The molecule has 4 nitrogen and oxygen atoms in total. The van der Waals surface area contributed by atoms with Crippen molar-refractivity contribution >= 4 is 11.0 Å². The van der Waals surface area contributed by atoms with Gasteiger partial charge >= 0.3 is 0 Å². The third-order valence-corrected chi connectivity index (χ3v) is 1.75. The van der Waals surface area contributed by atoms with Crippen LogP contribution in [0, 0.1) is 0 Å². The van der Waals surface area contributed by atoms with Gasteiger partial charge in [-0.05, 0) is 17.3 Å². The number of methoxy groups -OCH3 is 1. The van der Waals surface area contributed by atoms with E-state index in [1.165, 1.54) is 7.11 Å². The summed E-state index contributed by atoms with van der Waals surface area (Å²) in [6, 6.07) is 6.90. The summed E-state index contributed by atoms with van der Waals surface area (Å²) in [5, 5.41) is 4.00. The predicted octanol–water partition coefficient (Wildman–Crippen LogP) is 1.20. The second-order valence-electron chi connectivity index (χ2n) is 2.52. The Labute approximate surface area is 73.7 Å². The average Bonchev–Trinajstić information content (AvgIpc) is 2.19. The SMILES string of the molecule is COc1noc2ccccc2c1=O. The van der Waals surface area contributed by atoms with E-state index in [9.17, 15) is 4.79 Å². The molecule has 0 saturated heterocycles. The van der Waals surface area contributed by atoms with E-state index in [0.717, 1.165) is 0 Å². The molecule has 0 N–H and O–H groups in total. The van der Waals surface area contributed by atoms with Crippen molar-refractivity contribution in [3.63, 3.8) is 0 Å². The summed E-state index contributed by atoms with van der Waals surface area (Å²) in [6.45, 7) is 0. The van der Waals surface area contributed by atoms with Crippen LogP contribution in [0.2, 0.25) is 0 Å². The summed E-state index contributed by atoms with van der Waals surface area (Å²) in [5.41, 5.74) is 0.220. The van der Waals surface area contributed by atoms with Crippen LogP contribution in [0.5, 0.6) is 5.88 Å². The maximum absolute atomic E-state index is 11.5. The van der Waals surface area contributed by atoms with E-state index in [4.69, 9.17) is 9.26 Å². The number of hydrogen-bond donors (Lipinski definition) is 0. The van der Waals surface area contributed by atoms with Gasteiger partial charge in [-0.15, -0.1) is 0 Å². The Kier molecular flexibility index (Phi) is 1.73. The van der Waals surface area contributed by atoms with Crippen LogP contribution in [0.1, 0.15) is 0 Å². The number of aromatic nitrogens is 1. The summed E-state index contributed by atoms with van der Waals surface area (Å²) in [5.74, 6) is -0.0151. The molecule has 0 aliphatic rings. The van der Waals surface area contributed by atoms with Crippen LogP contribution >= 0.6 is 0 Å². The van der Waals surface area contributed by atoms with Crippen molar-refractivity contribution in [1.29, 1.82) is 0 Å². The molecule has 1 heterocycles. The van der Waals surface area contributed by atoms with E-state index in [0.29, 0.717) is 11.0 Å². The zero-order valence-corrected chi connectivity index (χ0v) is 6.98. The second-order valence-corrected chi connectivity index (χ2v) is 2.52. The van der Waals surface area contributed by atoms with Crippen LogP contribution < -0.4 is 10.2 Å². The molecule has 0 amide bonds. The molecule has 0 atom stereocenters. The smallest absolute Gasteiger partial charge is 0.299 e. The van der Waals surface area contributed by atoms with Gasteiger partial charge in [0.05, 0.1) is 12.5 Å². The van der Waals surface area contributed by atoms with E-state index >= 15 is 0 Å². The number of benzene rings is 1. The Bertz CT molecular complexity index is 489. The zero-order valence-electron chi connectivity index (χ0n) is 6.98. The summed E-state index contributed by atoms with van der Waals surface area (Å²) in [4.78, 5) is 11.5. The Morgan fingerprint density at radius 3 is 2.92 bits per heavy atom. The minimum atomic E-state index is -0.246. The lowest BCUT2D eigenvalue weighted by atomic mass is 10.2. The van der Waals surface area contributed by atoms with E-state index < -0.39 is 0 Å².